The maximum Gasteiger partial charge on any atom is 0.388 e. The summed E-state index contributed by atoms with van der Waals surface area (Å²) in [6, 6.07) is 3.84. The molecule has 1 aliphatic rings. The van der Waals surface area contributed by atoms with Gasteiger partial charge in [0.1, 0.15) is 29.0 Å². The molecule has 184 valence electrons. The van der Waals surface area contributed by atoms with E-state index >= 15 is 0 Å². The van der Waals surface area contributed by atoms with E-state index in [-0.39, 0.29) is 47.4 Å². The van der Waals surface area contributed by atoms with Crippen LogP contribution in [0.2, 0.25) is 0 Å². The Bertz CT molecular complexity index is 1330. The fourth-order valence-corrected chi connectivity index (χ4v) is 3.61. The summed E-state index contributed by atoms with van der Waals surface area (Å²) in [5.41, 5.74) is 4.10. The zero-order valence-corrected chi connectivity index (χ0v) is 18.3. The number of hydrogen-bond donors (Lipinski definition) is 2. The third-order valence-corrected chi connectivity index (χ3v) is 5.32. The molecule has 0 radical (unpaired) electrons. The molecule has 0 bridgehead atoms. The minimum atomic E-state index is -3.23. The lowest BCUT2D eigenvalue weighted by Gasteiger charge is -2.20. The minimum absolute atomic E-state index is 0.00145. The number of esters is 1. The smallest absolute Gasteiger partial charge is 0.388 e. The van der Waals surface area contributed by atoms with E-state index in [9.17, 15) is 27.2 Å². The van der Waals surface area contributed by atoms with Gasteiger partial charge in [0.15, 0.2) is 11.2 Å². The van der Waals surface area contributed by atoms with Crippen molar-refractivity contribution in [1.82, 2.24) is 19.7 Å². The molecule has 0 fully saturated rings. The SMILES string of the molecule is CCOC(=O)C1(C)C(=O)Nc2nc(-c3cc(OC(F)F)n(Cc4ccc(F)cc4F)n3)nc(N)c21. The molecular weight excluding hydrogens is 476 g/mol. The number of alkyl halides is 2. The Morgan fingerprint density at radius 2 is 2.00 bits per heavy atom. The van der Waals surface area contributed by atoms with Gasteiger partial charge < -0.3 is 20.5 Å². The van der Waals surface area contributed by atoms with E-state index in [0.717, 1.165) is 22.9 Å². The van der Waals surface area contributed by atoms with E-state index in [0.29, 0.717) is 6.07 Å². The van der Waals surface area contributed by atoms with Gasteiger partial charge in [-0.05, 0) is 19.9 Å². The molecule has 1 unspecified atom stereocenters. The van der Waals surface area contributed by atoms with Crippen LogP contribution in [-0.2, 0) is 26.3 Å². The van der Waals surface area contributed by atoms with Gasteiger partial charge in [-0.3, -0.25) is 9.59 Å². The first kappa shape index (κ1) is 23.9. The first-order chi connectivity index (χ1) is 16.5. The third kappa shape index (κ3) is 4.22. The highest BCUT2D eigenvalue weighted by atomic mass is 19.3. The molecule has 3 heterocycles. The number of hydrogen-bond acceptors (Lipinski definition) is 8. The van der Waals surface area contributed by atoms with Crippen molar-refractivity contribution in [2.24, 2.45) is 0 Å². The summed E-state index contributed by atoms with van der Waals surface area (Å²) >= 11 is 0. The van der Waals surface area contributed by atoms with E-state index in [2.05, 4.69) is 25.1 Å². The lowest BCUT2D eigenvalue weighted by Crippen LogP contribution is -2.41. The Morgan fingerprint density at radius 1 is 1.26 bits per heavy atom. The molecule has 1 amide bonds. The molecular formula is C21H18F4N6O4. The number of nitrogen functional groups attached to an aromatic ring is 1. The van der Waals surface area contributed by atoms with Crippen LogP contribution in [0.25, 0.3) is 11.5 Å². The minimum Gasteiger partial charge on any atom is -0.465 e. The topological polar surface area (TPSA) is 134 Å². The molecule has 0 saturated heterocycles. The number of halogens is 4. The highest BCUT2D eigenvalue weighted by Crippen LogP contribution is 2.41. The molecule has 1 aromatic carbocycles. The van der Waals surface area contributed by atoms with Gasteiger partial charge in [-0.1, -0.05) is 6.07 Å². The van der Waals surface area contributed by atoms with Crippen LogP contribution in [0, 0.1) is 11.6 Å². The van der Waals surface area contributed by atoms with E-state index in [1.54, 1.807) is 6.92 Å². The fourth-order valence-electron chi connectivity index (χ4n) is 3.61. The summed E-state index contributed by atoms with van der Waals surface area (Å²) in [4.78, 5) is 33.3. The van der Waals surface area contributed by atoms with Crippen molar-refractivity contribution in [1.29, 1.82) is 0 Å². The number of nitrogens with two attached hydrogens (primary N) is 1. The second-order valence-corrected chi connectivity index (χ2v) is 7.60. The summed E-state index contributed by atoms with van der Waals surface area (Å²) in [5, 5.41) is 6.53. The summed E-state index contributed by atoms with van der Waals surface area (Å²) in [7, 11) is 0. The van der Waals surface area contributed by atoms with Crippen LogP contribution in [0.15, 0.2) is 24.3 Å². The van der Waals surface area contributed by atoms with Crippen molar-refractivity contribution in [3.63, 3.8) is 0 Å². The second-order valence-electron chi connectivity index (χ2n) is 7.60. The predicted octanol–water partition coefficient (Wildman–Crippen LogP) is 2.62. The fraction of sp³-hybridized carbons (Fsp3) is 0.286. The van der Waals surface area contributed by atoms with E-state index in [4.69, 9.17) is 10.5 Å². The molecule has 0 saturated carbocycles. The van der Waals surface area contributed by atoms with Gasteiger partial charge in [-0.25, -0.2) is 23.4 Å². The number of carbonyl (C=O) groups excluding carboxylic acids is 2. The van der Waals surface area contributed by atoms with Crippen LogP contribution in [0.5, 0.6) is 5.88 Å². The average molecular weight is 494 g/mol. The van der Waals surface area contributed by atoms with Crippen LogP contribution in [0.3, 0.4) is 0 Å². The quantitative estimate of drug-likeness (QED) is 0.291. The third-order valence-electron chi connectivity index (χ3n) is 5.32. The number of benzene rings is 1. The van der Waals surface area contributed by atoms with Crippen molar-refractivity contribution in [3.8, 4) is 17.4 Å². The first-order valence-corrected chi connectivity index (χ1v) is 10.2. The second kappa shape index (κ2) is 8.85. The van der Waals surface area contributed by atoms with Gasteiger partial charge >= 0.3 is 12.6 Å². The first-order valence-electron chi connectivity index (χ1n) is 10.2. The van der Waals surface area contributed by atoms with Crippen molar-refractivity contribution in [2.45, 2.75) is 32.4 Å². The van der Waals surface area contributed by atoms with Crippen LogP contribution < -0.4 is 15.8 Å². The standard InChI is InChI=1S/C21H18F4N6O4/c1-3-34-19(33)21(2)14-15(26)27-16(28-17(14)29-18(21)32)12-7-13(35-20(24)25)31(30-12)8-9-4-5-10(22)6-11(9)23/h4-7,20H,3,8H2,1-2H3,(H3,26,27,28,29,32). The van der Waals surface area contributed by atoms with Crippen LogP contribution in [-0.4, -0.2) is 44.8 Å². The van der Waals surface area contributed by atoms with Gasteiger partial charge in [0.2, 0.25) is 11.8 Å². The summed E-state index contributed by atoms with van der Waals surface area (Å²) in [6.07, 6.45) is 0. The molecule has 1 atom stereocenters. The lowest BCUT2D eigenvalue weighted by molar-refractivity contribution is -0.152. The molecule has 0 spiro atoms. The number of nitrogens with zero attached hydrogens (tertiary/aromatic N) is 4. The molecule has 4 rings (SSSR count). The summed E-state index contributed by atoms with van der Waals surface area (Å²) in [5.74, 6) is -4.27. The zero-order valence-electron chi connectivity index (χ0n) is 18.3. The number of rotatable bonds is 7. The van der Waals surface area contributed by atoms with Crippen LogP contribution in [0.4, 0.5) is 29.2 Å². The van der Waals surface area contributed by atoms with E-state index < -0.39 is 41.4 Å². The number of ether oxygens (including phenoxy) is 2. The highest BCUT2D eigenvalue weighted by molar-refractivity contribution is 6.19. The number of carbonyl (C=O) groups is 2. The molecule has 3 N–H and O–H groups in total. The molecule has 35 heavy (non-hydrogen) atoms. The number of anilines is 2. The van der Waals surface area contributed by atoms with Gasteiger partial charge in [-0.2, -0.15) is 13.9 Å². The van der Waals surface area contributed by atoms with Gasteiger partial charge in [0.25, 0.3) is 0 Å². The summed E-state index contributed by atoms with van der Waals surface area (Å²) in [6.45, 7) is -0.703. The van der Waals surface area contributed by atoms with Crippen LogP contribution >= 0.6 is 0 Å². The molecule has 0 aliphatic carbocycles. The maximum atomic E-state index is 14.1. The largest absolute Gasteiger partial charge is 0.465 e. The van der Waals surface area contributed by atoms with E-state index in [1.165, 1.54) is 6.92 Å². The predicted molar refractivity (Wildman–Crippen MR) is 112 cm³/mol. The number of nitrogens with one attached hydrogen (secondary N) is 1. The van der Waals surface area contributed by atoms with Gasteiger partial charge in [0.05, 0.1) is 18.7 Å². The Balaban J connectivity index is 1.76. The van der Waals surface area contributed by atoms with Crippen molar-refractivity contribution in [2.75, 3.05) is 17.7 Å². The average Bonchev–Trinajstić information content (AvgIpc) is 3.28. The lowest BCUT2D eigenvalue weighted by atomic mass is 9.84. The van der Waals surface area contributed by atoms with Crippen molar-refractivity contribution in [3.05, 3.63) is 47.0 Å². The zero-order chi connectivity index (χ0) is 25.5. The number of fused-ring (bicyclic) bond motifs is 1. The van der Waals surface area contributed by atoms with Crippen molar-refractivity contribution < 1.29 is 36.6 Å². The Kier molecular flexibility index (Phi) is 6.05. The number of amides is 1. The maximum absolute atomic E-state index is 14.1. The monoisotopic (exact) mass is 494 g/mol. The summed E-state index contributed by atoms with van der Waals surface area (Å²) < 4.78 is 63.6. The molecule has 3 aromatic rings. The highest BCUT2D eigenvalue weighted by Gasteiger charge is 2.53. The number of aromatic nitrogens is 4. The normalized spacial score (nSPS) is 16.8. The Labute approximate surface area is 195 Å². The molecule has 10 nitrogen and oxygen atoms in total. The Hall–Kier alpha value is -4.23. The van der Waals surface area contributed by atoms with Crippen molar-refractivity contribution >= 4 is 23.5 Å². The van der Waals surface area contributed by atoms with E-state index in [1.807, 2.05) is 0 Å². The van der Waals surface area contributed by atoms with Gasteiger partial charge in [0, 0.05) is 17.7 Å². The van der Waals surface area contributed by atoms with Crippen LogP contribution in [0.1, 0.15) is 25.0 Å². The molecule has 2 aromatic heterocycles. The Morgan fingerprint density at radius 3 is 2.66 bits per heavy atom. The van der Waals surface area contributed by atoms with Gasteiger partial charge in [-0.15, -0.1) is 0 Å². The molecule has 1 aliphatic heterocycles. The molecule has 14 heteroatoms.